The number of benzene rings is 2. The molecule has 0 saturated carbocycles. The van der Waals surface area contributed by atoms with Crippen LogP contribution in [0.3, 0.4) is 0 Å². The van der Waals surface area contributed by atoms with Crippen molar-refractivity contribution in [3.63, 3.8) is 0 Å². The first-order chi connectivity index (χ1) is 18.5. The maximum absolute atomic E-state index is 12.9. The number of carbonyl (C=O) groups is 3. The molecular formula is C31H38N2O6. The Morgan fingerprint density at radius 2 is 1.59 bits per heavy atom. The van der Waals surface area contributed by atoms with Crippen molar-refractivity contribution >= 4 is 23.5 Å². The second-order valence-electron chi connectivity index (χ2n) is 10.9. The number of hydrogen-bond donors (Lipinski definition) is 0. The molecule has 1 spiro atoms. The number of ether oxygens (including phenoxy) is 3. The second kappa shape index (κ2) is 11.1. The third-order valence-corrected chi connectivity index (χ3v) is 7.17. The van der Waals surface area contributed by atoms with E-state index in [2.05, 4.69) is 6.08 Å². The van der Waals surface area contributed by atoms with Crippen molar-refractivity contribution in [2.24, 2.45) is 0 Å². The minimum Gasteiger partial charge on any atom is -0.482 e. The summed E-state index contributed by atoms with van der Waals surface area (Å²) in [7, 11) is 1.36. The number of esters is 1. The Balaban J connectivity index is 1.68. The first kappa shape index (κ1) is 28.2. The molecule has 1 saturated heterocycles. The topological polar surface area (TPSA) is 85.4 Å². The maximum Gasteiger partial charge on any atom is 0.410 e. The fraction of sp³-hybridized carbons (Fsp3) is 0.452. The van der Waals surface area contributed by atoms with Crippen LogP contribution >= 0.6 is 0 Å². The molecule has 0 N–H and O–H groups in total. The highest BCUT2D eigenvalue weighted by Crippen LogP contribution is 2.44. The summed E-state index contributed by atoms with van der Waals surface area (Å²) >= 11 is 0. The van der Waals surface area contributed by atoms with Crippen LogP contribution in [-0.4, -0.2) is 72.3 Å². The molecular weight excluding hydrogens is 496 g/mol. The van der Waals surface area contributed by atoms with Gasteiger partial charge in [-0.2, -0.15) is 0 Å². The van der Waals surface area contributed by atoms with E-state index in [0.717, 1.165) is 16.7 Å². The molecule has 8 nitrogen and oxygen atoms in total. The monoisotopic (exact) mass is 534 g/mol. The van der Waals surface area contributed by atoms with Crippen molar-refractivity contribution < 1.29 is 28.6 Å². The van der Waals surface area contributed by atoms with Crippen molar-refractivity contribution in [2.75, 3.05) is 33.3 Å². The van der Waals surface area contributed by atoms with Gasteiger partial charge in [0.05, 0.1) is 12.7 Å². The molecule has 2 aliphatic heterocycles. The lowest BCUT2D eigenvalue weighted by Crippen LogP contribution is -2.50. The Kier molecular flexibility index (Phi) is 8.04. The molecule has 0 aromatic heterocycles. The molecule has 0 bridgehead atoms. The largest absolute Gasteiger partial charge is 0.482 e. The zero-order chi connectivity index (χ0) is 28.4. The fourth-order valence-corrected chi connectivity index (χ4v) is 5.03. The summed E-state index contributed by atoms with van der Waals surface area (Å²) in [4.78, 5) is 41.3. The Morgan fingerprint density at radius 3 is 2.15 bits per heavy atom. The van der Waals surface area contributed by atoms with Crippen LogP contribution in [0.4, 0.5) is 4.79 Å². The summed E-state index contributed by atoms with van der Waals surface area (Å²) in [5.74, 6) is 0.226. The van der Waals surface area contributed by atoms with Gasteiger partial charge in [0.15, 0.2) is 0 Å². The highest BCUT2D eigenvalue weighted by molar-refractivity contribution is 5.96. The zero-order valence-electron chi connectivity index (χ0n) is 23.7. The van der Waals surface area contributed by atoms with E-state index in [9.17, 15) is 14.4 Å². The first-order valence-corrected chi connectivity index (χ1v) is 13.5. The van der Waals surface area contributed by atoms with Crippen molar-refractivity contribution in [2.45, 2.75) is 58.7 Å². The van der Waals surface area contributed by atoms with Crippen molar-refractivity contribution in [3.05, 3.63) is 70.8 Å². The van der Waals surface area contributed by atoms with Gasteiger partial charge in [0.1, 0.15) is 17.0 Å². The molecule has 0 radical (unpaired) electrons. The minimum absolute atomic E-state index is 0.00753. The average Bonchev–Trinajstić information content (AvgIpc) is 2.92. The van der Waals surface area contributed by atoms with Crippen molar-refractivity contribution in [3.8, 4) is 5.75 Å². The predicted octanol–water partition coefficient (Wildman–Crippen LogP) is 5.55. The standard InChI is InChI=1S/C31H38N2O6/c1-7-32(8-2)27(34)22-11-9-21(10-12-22)25-20-31(15-17-33(18-16-31)29(36)39-30(3,4)5)38-26-14-13-23(19-24(25)26)28(35)37-6/h9-14,19-20H,7-8,15-18H2,1-6H3. The van der Waals surface area contributed by atoms with Crippen LogP contribution in [0.15, 0.2) is 48.5 Å². The molecule has 2 aromatic rings. The maximum atomic E-state index is 12.9. The van der Waals surface area contributed by atoms with E-state index in [-0.39, 0.29) is 12.0 Å². The van der Waals surface area contributed by atoms with Crippen LogP contribution in [0.2, 0.25) is 0 Å². The summed E-state index contributed by atoms with van der Waals surface area (Å²) in [6.07, 6.45) is 2.96. The molecule has 2 aliphatic rings. The summed E-state index contributed by atoms with van der Waals surface area (Å²) in [5, 5.41) is 0. The van der Waals surface area contributed by atoms with E-state index in [1.165, 1.54) is 7.11 Å². The minimum atomic E-state index is -0.622. The number of piperidine rings is 1. The van der Waals surface area contributed by atoms with Gasteiger partial charge in [-0.25, -0.2) is 9.59 Å². The molecule has 39 heavy (non-hydrogen) atoms. The van der Waals surface area contributed by atoms with Crippen LogP contribution in [0.1, 0.15) is 79.3 Å². The SMILES string of the molecule is CCN(CC)C(=O)c1ccc(C2=CC3(CCN(C(=O)OC(C)(C)C)CC3)Oc3ccc(C(=O)OC)cc32)cc1. The van der Waals surface area contributed by atoms with E-state index < -0.39 is 17.2 Å². The molecule has 4 rings (SSSR count). The van der Waals surface area contributed by atoms with Gasteiger partial charge in [0.25, 0.3) is 5.91 Å². The summed E-state index contributed by atoms with van der Waals surface area (Å²) in [5.41, 5.74) is 2.47. The second-order valence-corrected chi connectivity index (χ2v) is 10.9. The van der Waals surface area contributed by atoms with Crippen LogP contribution in [0, 0.1) is 0 Å². The number of amides is 2. The first-order valence-electron chi connectivity index (χ1n) is 13.5. The van der Waals surface area contributed by atoms with Gasteiger partial charge in [0.2, 0.25) is 0 Å². The van der Waals surface area contributed by atoms with Gasteiger partial charge in [-0.3, -0.25) is 4.79 Å². The van der Waals surface area contributed by atoms with Gasteiger partial charge in [0, 0.05) is 50.1 Å². The van der Waals surface area contributed by atoms with E-state index in [1.54, 1.807) is 28.0 Å². The number of rotatable bonds is 5. The Labute approximate surface area is 230 Å². The molecule has 2 aromatic carbocycles. The summed E-state index contributed by atoms with van der Waals surface area (Å²) in [6, 6.07) is 12.8. The van der Waals surface area contributed by atoms with Gasteiger partial charge in [-0.05, 0) is 82.2 Å². The Bertz CT molecular complexity index is 1260. The van der Waals surface area contributed by atoms with Crippen LogP contribution in [-0.2, 0) is 9.47 Å². The molecule has 0 unspecified atom stereocenters. The number of likely N-dealkylation sites (tertiary alicyclic amines) is 1. The lowest BCUT2D eigenvalue weighted by molar-refractivity contribution is -0.00117. The third-order valence-electron chi connectivity index (χ3n) is 7.17. The third kappa shape index (κ3) is 6.10. The van der Waals surface area contributed by atoms with Gasteiger partial charge >= 0.3 is 12.1 Å². The molecule has 0 atom stereocenters. The fourth-order valence-electron chi connectivity index (χ4n) is 5.03. The van der Waals surface area contributed by atoms with Crippen LogP contribution in [0.5, 0.6) is 5.75 Å². The van der Waals surface area contributed by atoms with Crippen LogP contribution < -0.4 is 4.74 Å². The highest BCUT2D eigenvalue weighted by atomic mass is 16.6. The number of carbonyl (C=O) groups excluding carboxylic acids is 3. The highest BCUT2D eigenvalue weighted by Gasteiger charge is 2.41. The molecule has 2 amide bonds. The Morgan fingerprint density at radius 1 is 0.974 bits per heavy atom. The lowest BCUT2D eigenvalue weighted by Gasteiger charge is -2.43. The quantitative estimate of drug-likeness (QED) is 0.468. The average molecular weight is 535 g/mol. The molecule has 208 valence electrons. The smallest absolute Gasteiger partial charge is 0.410 e. The Hall–Kier alpha value is -3.81. The molecule has 1 fully saturated rings. The summed E-state index contributed by atoms with van der Waals surface area (Å²) in [6.45, 7) is 11.8. The zero-order valence-corrected chi connectivity index (χ0v) is 23.7. The van der Waals surface area contributed by atoms with Gasteiger partial charge in [-0.15, -0.1) is 0 Å². The summed E-state index contributed by atoms with van der Waals surface area (Å²) < 4.78 is 17.1. The number of fused-ring (bicyclic) bond motifs is 1. The predicted molar refractivity (Wildman–Crippen MR) is 149 cm³/mol. The van der Waals surface area contributed by atoms with Gasteiger partial charge < -0.3 is 24.0 Å². The van der Waals surface area contributed by atoms with E-state index in [0.29, 0.717) is 55.9 Å². The van der Waals surface area contributed by atoms with Gasteiger partial charge in [-0.1, -0.05) is 12.1 Å². The number of nitrogens with zero attached hydrogens (tertiary/aromatic N) is 2. The molecule has 0 aliphatic carbocycles. The molecule has 8 heteroatoms. The van der Waals surface area contributed by atoms with Crippen molar-refractivity contribution in [1.82, 2.24) is 9.80 Å². The molecule has 2 heterocycles. The van der Waals surface area contributed by atoms with E-state index in [4.69, 9.17) is 14.2 Å². The number of hydrogen-bond acceptors (Lipinski definition) is 6. The lowest BCUT2D eigenvalue weighted by atomic mass is 9.82. The van der Waals surface area contributed by atoms with E-state index in [1.807, 2.05) is 58.9 Å². The number of methoxy groups -OCH3 is 1. The van der Waals surface area contributed by atoms with E-state index >= 15 is 0 Å². The van der Waals surface area contributed by atoms with Crippen LogP contribution in [0.25, 0.3) is 5.57 Å². The normalized spacial score (nSPS) is 16.1. The van der Waals surface area contributed by atoms with Crippen molar-refractivity contribution in [1.29, 1.82) is 0 Å².